The third-order valence-corrected chi connectivity index (χ3v) is 4.28. The van der Waals surface area contributed by atoms with Crippen LogP contribution >= 0.6 is 0 Å². The van der Waals surface area contributed by atoms with E-state index in [1.807, 2.05) is 37.4 Å². The van der Waals surface area contributed by atoms with E-state index in [0.717, 1.165) is 16.6 Å². The Morgan fingerprint density at radius 2 is 2.12 bits per heavy atom. The number of rotatable bonds is 3. The lowest BCUT2D eigenvalue weighted by Gasteiger charge is -2.25. The lowest BCUT2D eigenvalue weighted by molar-refractivity contribution is -0.118. The molecular weight excluding hydrogens is 318 g/mol. The van der Waals surface area contributed by atoms with E-state index in [-0.39, 0.29) is 18.4 Å². The second-order valence-corrected chi connectivity index (χ2v) is 5.82. The molecule has 1 aliphatic heterocycles. The minimum absolute atomic E-state index is 0.0846. The molecule has 25 heavy (non-hydrogen) atoms. The molecule has 2 amide bonds. The molecule has 1 aromatic heterocycles. The third kappa shape index (κ3) is 2.61. The van der Waals surface area contributed by atoms with Crippen LogP contribution in [0.25, 0.3) is 10.9 Å². The molecule has 0 saturated carbocycles. The first-order chi connectivity index (χ1) is 12.2. The molecule has 6 heteroatoms. The predicted octanol–water partition coefficient (Wildman–Crippen LogP) is 3.17. The number of ether oxygens (including phenoxy) is 1. The number of hydrogen-bond donors (Lipinski definition) is 2. The van der Waals surface area contributed by atoms with E-state index in [2.05, 4.69) is 10.3 Å². The van der Waals surface area contributed by atoms with Gasteiger partial charge in [-0.2, -0.15) is 0 Å². The fraction of sp³-hybridized carbons (Fsp3) is 0.158. The predicted molar refractivity (Wildman–Crippen MR) is 96.2 cm³/mol. The number of nitrogens with one attached hydrogen (secondary N) is 2. The SMILES string of the molecule is CCN(C(=O)c1cccc2c1OCC(=O)N2)c1ccc2[nH]ccc2c1. The molecule has 0 fully saturated rings. The molecule has 4 rings (SSSR count). The third-order valence-electron chi connectivity index (χ3n) is 4.28. The molecule has 0 atom stereocenters. The van der Waals surface area contributed by atoms with Gasteiger partial charge in [0, 0.05) is 29.3 Å². The Morgan fingerprint density at radius 1 is 1.24 bits per heavy atom. The minimum atomic E-state index is -0.220. The zero-order chi connectivity index (χ0) is 17.4. The Bertz CT molecular complexity index is 977. The molecule has 0 aliphatic carbocycles. The van der Waals surface area contributed by atoms with Crippen LogP contribution in [0.15, 0.2) is 48.7 Å². The largest absolute Gasteiger partial charge is 0.481 e. The maximum atomic E-state index is 13.1. The smallest absolute Gasteiger partial charge is 0.262 e. The van der Waals surface area contributed by atoms with Crippen LogP contribution < -0.4 is 15.0 Å². The molecule has 3 aromatic rings. The monoisotopic (exact) mass is 335 g/mol. The van der Waals surface area contributed by atoms with Crippen LogP contribution in [-0.4, -0.2) is 29.9 Å². The number of carbonyl (C=O) groups excluding carboxylic acids is 2. The zero-order valence-corrected chi connectivity index (χ0v) is 13.7. The molecule has 0 unspecified atom stereocenters. The summed E-state index contributed by atoms with van der Waals surface area (Å²) in [6.07, 6.45) is 1.87. The first-order valence-corrected chi connectivity index (χ1v) is 8.12. The van der Waals surface area contributed by atoms with Crippen LogP contribution in [0.2, 0.25) is 0 Å². The topological polar surface area (TPSA) is 74.4 Å². The number of anilines is 2. The van der Waals surface area contributed by atoms with Gasteiger partial charge in [-0.1, -0.05) is 6.07 Å². The molecule has 0 bridgehead atoms. The summed E-state index contributed by atoms with van der Waals surface area (Å²) in [5.74, 6) is 0.0426. The summed E-state index contributed by atoms with van der Waals surface area (Å²) in [5, 5.41) is 3.78. The van der Waals surface area contributed by atoms with Crippen LogP contribution in [-0.2, 0) is 4.79 Å². The first-order valence-electron chi connectivity index (χ1n) is 8.12. The molecule has 0 spiro atoms. The van der Waals surface area contributed by atoms with E-state index in [4.69, 9.17) is 4.74 Å². The standard InChI is InChI=1S/C19H17N3O3/c1-2-22(13-6-7-15-12(10-13)8-9-20-15)19(24)14-4-3-5-16-18(14)25-11-17(23)21-16/h3-10,20H,2,11H2,1H3,(H,21,23). The summed E-state index contributed by atoms with van der Waals surface area (Å²) in [6.45, 7) is 2.36. The number of nitrogens with zero attached hydrogens (tertiary/aromatic N) is 1. The lowest BCUT2D eigenvalue weighted by Crippen LogP contribution is -2.33. The quantitative estimate of drug-likeness (QED) is 0.772. The summed E-state index contributed by atoms with van der Waals surface area (Å²) in [6, 6.07) is 13.0. The van der Waals surface area contributed by atoms with Crippen molar-refractivity contribution < 1.29 is 14.3 Å². The van der Waals surface area contributed by atoms with Crippen LogP contribution in [0.1, 0.15) is 17.3 Å². The number of aromatic nitrogens is 1. The van der Waals surface area contributed by atoms with Gasteiger partial charge in [0.25, 0.3) is 11.8 Å². The average molecular weight is 335 g/mol. The van der Waals surface area contributed by atoms with Crippen molar-refractivity contribution in [3.05, 3.63) is 54.2 Å². The first kappa shape index (κ1) is 15.3. The van der Waals surface area contributed by atoms with Crippen molar-refractivity contribution in [1.29, 1.82) is 0 Å². The van der Waals surface area contributed by atoms with E-state index >= 15 is 0 Å². The Labute approximate surface area is 144 Å². The van der Waals surface area contributed by atoms with E-state index in [0.29, 0.717) is 23.5 Å². The molecule has 2 heterocycles. The van der Waals surface area contributed by atoms with Crippen molar-refractivity contribution in [2.24, 2.45) is 0 Å². The van der Waals surface area contributed by atoms with E-state index in [9.17, 15) is 9.59 Å². The molecule has 2 aromatic carbocycles. The Balaban J connectivity index is 1.73. The van der Waals surface area contributed by atoms with Crippen LogP contribution in [0, 0.1) is 0 Å². The zero-order valence-electron chi connectivity index (χ0n) is 13.7. The van der Waals surface area contributed by atoms with Gasteiger partial charge in [0.15, 0.2) is 12.4 Å². The van der Waals surface area contributed by atoms with Crippen LogP contribution in [0.4, 0.5) is 11.4 Å². The van der Waals surface area contributed by atoms with Crippen molar-refractivity contribution in [1.82, 2.24) is 4.98 Å². The summed E-state index contributed by atoms with van der Waals surface area (Å²) >= 11 is 0. The van der Waals surface area contributed by atoms with Gasteiger partial charge < -0.3 is 19.9 Å². The summed E-state index contributed by atoms with van der Waals surface area (Å²) in [5.41, 5.74) is 2.81. The number of aromatic amines is 1. The van der Waals surface area contributed by atoms with Gasteiger partial charge in [-0.05, 0) is 43.3 Å². The Hall–Kier alpha value is -3.28. The van der Waals surface area contributed by atoms with E-state index < -0.39 is 0 Å². The summed E-state index contributed by atoms with van der Waals surface area (Å²) in [4.78, 5) is 29.5. The molecular formula is C19H17N3O3. The normalized spacial score (nSPS) is 13.1. The van der Waals surface area contributed by atoms with Crippen molar-refractivity contribution in [3.8, 4) is 5.75 Å². The fourth-order valence-corrected chi connectivity index (χ4v) is 3.08. The molecule has 2 N–H and O–H groups in total. The average Bonchev–Trinajstić information content (AvgIpc) is 3.09. The van der Waals surface area contributed by atoms with Crippen molar-refractivity contribution in [3.63, 3.8) is 0 Å². The van der Waals surface area contributed by atoms with Crippen LogP contribution in [0.5, 0.6) is 5.75 Å². The number of carbonyl (C=O) groups is 2. The number of para-hydroxylation sites is 1. The van der Waals surface area contributed by atoms with Gasteiger partial charge in [0.05, 0.1) is 11.3 Å². The Kier molecular flexibility index (Phi) is 3.65. The maximum Gasteiger partial charge on any atom is 0.262 e. The molecule has 0 radical (unpaired) electrons. The molecule has 6 nitrogen and oxygen atoms in total. The number of fused-ring (bicyclic) bond motifs is 2. The van der Waals surface area contributed by atoms with E-state index in [1.54, 1.807) is 23.1 Å². The highest BCUT2D eigenvalue weighted by Gasteiger charge is 2.25. The number of H-pyrrole nitrogens is 1. The van der Waals surface area contributed by atoms with Crippen molar-refractivity contribution in [2.75, 3.05) is 23.4 Å². The number of hydrogen-bond acceptors (Lipinski definition) is 3. The lowest BCUT2D eigenvalue weighted by atomic mass is 10.1. The molecule has 126 valence electrons. The van der Waals surface area contributed by atoms with Gasteiger partial charge in [-0.15, -0.1) is 0 Å². The highest BCUT2D eigenvalue weighted by atomic mass is 16.5. The second kappa shape index (κ2) is 5.98. The number of benzene rings is 2. The summed E-state index contributed by atoms with van der Waals surface area (Å²) in [7, 11) is 0. The molecule has 1 aliphatic rings. The van der Waals surface area contributed by atoms with Gasteiger partial charge in [-0.25, -0.2) is 0 Å². The second-order valence-electron chi connectivity index (χ2n) is 5.82. The van der Waals surface area contributed by atoms with Gasteiger partial charge in [-0.3, -0.25) is 9.59 Å². The van der Waals surface area contributed by atoms with Gasteiger partial charge in [0.1, 0.15) is 0 Å². The Morgan fingerprint density at radius 3 is 2.96 bits per heavy atom. The highest BCUT2D eigenvalue weighted by molar-refractivity contribution is 6.10. The molecule has 0 saturated heterocycles. The van der Waals surface area contributed by atoms with Gasteiger partial charge in [0.2, 0.25) is 0 Å². The number of amides is 2. The van der Waals surface area contributed by atoms with Gasteiger partial charge >= 0.3 is 0 Å². The minimum Gasteiger partial charge on any atom is -0.481 e. The fourth-order valence-electron chi connectivity index (χ4n) is 3.08. The van der Waals surface area contributed by atoms with Crippen molar-refractivity contribution >= 4 is 34.1 Å². The highest BCUT2D eigenvalue weighted by Crippen LogP contribution is 2.33. The van der Waals surface area contributed by atoms with E-state index in [1.165, 1.54) is 0 Å². The maximum absolute atomic E-state index is 13.1. The summed E-state index contributed by atoms with van der Waals surface area (Å²) < 4.78 is 5.51. The van der Waals surface area contributed by atoms with Crippen LogP contribution in [0.3, 0.4) is 0 Å². The van der Waals surface area contributed by atoms with Crippen molar-refractivity contribution in [2.45, 2.75) is 6.92 Å².